The number of thiazole rings is 1. The number of ether oxygens (including phenoxy) is 1. The van der Waals surface area contributed by atoms with Gasteiger partial charge in [0.25, 0.3) is 5.91 Å². The number of aliphatic hydroxyl groups is 1. The van der Waals surface area contributed by atoms with Crippen LogP contribution in [-0.2, 0) is 0 Å². The van der Waals surface area contributed by atoms with E-state index in [1.807, 2.05) is 0 Å². The summed E-state index contributed by atoms with van der Waals surface area (Å²) in [6.45, 7) is 3.31. The second kappa shape index (κ2) is 12.5. The lowest BCUT2D eigenvalue weighted by Crippen LogP contribution is -2.33. The van der Waals surface area contributed by atoms with Crippen molar-refractivity contribution in [2.24, 2.45) is 0 Å². The van der Waals surface area contributed by atoms with Crippen LogP contribution in [0.15, 0.2) is 53.9 Å². The number of piperidine rings is 1. The molecule has 1 saturated heterocycles. The summed E-state index contributed by atoms with van der Waals surface area (Å²) in [5.41, 5.74) is 2.22. The second-order valence-electron chi connectivity index (χ2n) is 9.04. The topological polar surface area (TPSA) is 74.7 Å². The van der Waals surface area contributed by atoms with Crippen molar-refractivity contribution in [3.05, 3.63) is 64.6 Å². The Bertz CT molecular complexity index is 1160. The molecule has 1 fully saturated rings. The molecule has 0 spiro atoms. The molecule has 3 aromatic rings. The maximum absolute atomic E-state index is 13.0. The molecule has 2 heterocycles. The minimum atomic E-state index is -4.75. The Hall–Kier alpha value is -2.95. The number of carbonyl (C=O) groups is 1. The third-order valence-corrected chi connectivity index (χ3v) is 7.41. The minimum Gasteiger partial charge on any atom is -0.406 e. The van der Waals surface area contributed by atoms with E-state index in [2.05, 4.69) is 19.9 Å². The van der Waals surface area contributed by atoms with Gasteiger partial charge in [-0.05, 0) is 75.5 Å². The molecule has 1 aliphatic rings. The first-order chi connectivity index (χ1) is 17.8. The van der Waals surface area contributed by atoms with Crippen molar-refractivity contribution in [3.8, 4) is 16.9 Å². The van der Waals surface area contributed by atoms with Gasteiger partial charge in [-0.3, -0.25) is 4.79 Å². The smallest absolute Gasteiger partial charge is 0.406 e. The average molecular weight is 534 g/mol. The summed E-state index contributed by atoms with van der Waals surface area (Å²) in [7, 11) is 0. The van der Waals surface area contributed by atoms with Gasteiger partial charge in [-0.2, -0.15) is 0 Å². The molecule has 6 nitrogen and oxygen atoms in total. The van der Waals surface area contributed by atoms with Crippen LogP contribution in [0.4, 0.5) is 18.9 Å². The largest absolute Gasteiger partial charge is 0.573 e. The first-order valence-electron chi connectivity index (χ1n) is 12.4. The molecule has 1 aromatic heterocycles. The molecule has 37 heavy (non-hydrogen) atoms. The van der Waals surface area contributed by atoms with E-state index in [1.54, 1.807) is 29.6 Å². The van der Waals surface area contributed by atoms with Crippen molar-refractivity contribution >= 4 is 22.9 Å². The second-order valence-corrected chi connectivity index (χ2v) is 9.93. The molecule has 198 valence electrons. The SMILES string of the molecule is O=C(Nc1ccccc1-c1ccc(OC(F)(F)F)cc1)c1csc(C2CCN(CCCCCO)CC2)n1. The number of carbonyl (C=O) groups excluding carboxylic acids is 1. The number of aromatic nitrogens is 1. The molecule has 0 saturated carbocycles. The quantitative estimate of drug-likeness (QED) is 0.299. The van der Waals surface area contributed by atoms with Gasteiger partial charge in [0.1, 0.15) is 11.4 Å². The molecule has 10 heteroatoms. The third-order valence-electron chi connectivity index (χ3n) is 6.40. The number of anilines is 1. The van der Waals surface area contributed by atoms with Crippen molar-refractivity contribution in [1.82, 2.24) is 9.88 Å². The first kappa shape index (κ1) is 27.1. The molecule has 0 aliphatic carbocycles. The van der Waals surface area contributed by atoms with Gasteiger partial charge in [-0.25, -0.2) is 4.98 Å². The van der Waals surface area contributed by atoms with E-state index >= 15 is 0 Å². The fraction of sp³-hybridized carbons (Fsp3) is 0.407. The van der Waals surface area contributed by atoms with E-state index in [0.717, 1.165) is 56.7 Å². The van der Waals surface area contributed by atoms with E-state index in [0.29, 0.717) is 28.4 Å². The van der Waals surface area contributed by atoms with Crippen LogP contribution in [0.2, 0.25) is 0 Å². The molecular weight excluding hydrogens is 503 g/mol. The summed E-state index contributed by atoms with van der Waals surface area (Å²) in [6.07, 6.45) is 0.254. The number of halogens is 3. The predicted octanol–water partition coefficient (Wildman–Crippen LogP) is 6.30. The average Bonchev–Trinajstić information content (AvgIpc) is 3.38. The van der Waals surface area contributed by atoms with Crippen LogP contribution >= 0.6 is 11.3 Å². The lowest BCUT2D eigenvalue weighted by atomic mass is 9.97. The molecule has 2 aromatic carbocycles. The monoisotopic (exact) mass is 533 g/mol. The van der Waals surface area contributed by atoms with Crippen molar-refractivity contribution in [3.63, 3.8) is 0 Å². The summed E-state index contributed by atoms with van der Waals surface area (Å²) in [5.74, 6) is -0.293. The number of hydrogen-bond acceptors (Lipinski definition) is 6. The van der Waals surface area contributed by atoms with Gasteiger partial charge in [0.2, 0.25) is 0 Å². The Morgan fingerprint density at radius 2 is 1.81 bits per heavy atom. The van der Waals surface area contributed by atoms with Gasteiger partial charge in [0, 0.05) is 29.2 Å². The minimum absolute atomic E-state index is 0.251. The van der Waals surface area contributed by atoms with Crippen LogP contribution in [0.25, 0.3) is 11.1 Å². The number of amides is 1. The van der Waals surface area contributed by atoms with Crippen LogP contribution in [0, 0.1) is 0 Å². The fourth-order valence-corrected chi connectivity index (χ4v) is 5.44. The zero-order valence-corrected chi connectivity index (χ0v) is 21.2. The molecule has 1 aliphatic heterocycles. The number of unbranched alkanes of at least 4 members (excludes halogenated alkanes) is 2. The summed E-state index contributed by atoms with van der Waals surface area (Å²) < 4.78 is 41.3. The lowest BCUT2D eigenvalue weighted by molar-refractivity contribution is -0.274. The molecule has 0 bridgehead atoms. The van der Waals surface area contributed by atoms with Gasteiger partial charge in [0.15, 0.2) is 0 Å². The van der Waals surface area contributed by atoms with E-state index in [-0.39, 0.29) is 18.3 Å². The molecule has 0 radical (unpaired) electrons. The normalized spacial score (nSPS) is 15.0. The van der Waals surface area contributed by atoms with Crippen LogP contribution < -0.4 is 10.1 Å². The molecule has 0 atom stereocenters. The summed E-state index contributed by atoms with van der Waals surface area (Å²) in [5, 5.41) is 14.6. The molecule has 0 unspecified atom stereocenters. The van der Waals surface area contributed by atoms with Gasteiger partial charge < -0.3 is 20.1 Å². The number of alkyl halides is 3. The number of rotatable bonds is 10. The fourth-order valence-electron chi connectivity index (χ4n) is 4.47. The highest BCUT2D eigenvalue weighted by Crippen LogP contribution is 2.33. The van der Waals surface area contributed by atoms with E-state index in [1.165, 1.54) is 35.6 Å². The Morgan fingerprint density at radius 3 is 2.51 bits per heavy atom. The number of benzene rings is 2. The zero-order chi connectivity index (χ0) is 26.3. The predicted molar refractivity (Wildman–Crippen MR) is 138 cm³/mol. The van der Waals surface area contributed by atoms with E-state index in [9.17, 15) is 18.0 Å². The maximum Gasteiger partial charge on any atom is 0.573 e. The standard InChI is InChI=1S/C27H30F3N3O3S/c28-27(29,30)36-21-10-8-19(9-11-21)22-6-2-3-7-23(22)31-25(35)24-18-37-26(32-24)20-12-15-33(16-13-20)14-4-1-5-17-34/h2-3,6-11,18,20,34H,1,4-5,12-17H2,(H,31,35). The molecule has 4 rings (SSSR count). The van der Waals surface area contributed by atoms with E-state index in [4.69, 9.17) is 5.11 Å². The van der Waals surface area contributed by atoms with Gasteiger partial charge in [-0.15, -0.1) is 24.5 Å². The van der Waals surface area contributed by atoms with Crippen molar-refractivity contribution in [2.75, 3.05) is 31.6 Å². The van der Waals surface area contributed by atoms with Crippen LogP contribution in [0.1, 0.15) is 53.5 Å². The van der Waals surface area contributed by atoms with Gasteiger partial charge in [-0.1, -0.05) is 30.3 Å². The van der Waals surface area contributed by atoms with Crippen LogP contribution in [-0.4, -0.2) is 53.5 Å². The third kappa shape index (κ3) is 7.77. The van der Waals surface area contributed by atoms with Gasteiger partial charge in [0.05, 0.1) is 5.01 Å². The number of nitrogens with one attached hydrogen (secondary N) is 1. The Kier molecular flexibility index (Phi) is 9.18. The van der Waals surface area contributed by atoms with Crippen molar-refractivity contribution in [2.45, 2.75) is 44.4 Å². The highest BCUT2D eigenvalue weighted by Gasteiger charge is 2.31. The molecule has 2 N–H and O–H groups in total. The number of aliphatic hydroxyl groups excluding tert-OH is 1. The molecule has 1 amide bonds. The summed E-state index contributed by atoms with van der Waals surface area (Å²) >= 11 is 1.50. The Morgan fingerprint density at radius 1 is 1.08 bits per heavy atom. The summed E-state index contributed by atoms with van der Waals surface area (Å²) in [6, 6.07) is 12.6. The number of likely N-dealkylation sites (tertiary alicyclic amines) is 1. The van der Waals surface area contributed by atoms with Crippen molar-refractivity contribution < 1.29 is 27.8 Å². The number of nitrogens with zero attached hydrogens (tertiary/aromatic N) is 2. The number of hydrogen-bond donors (Lipinski definition) is 2. The van der Waals surface area contributed by atoms with Crippen LogP contribution in [0.5, 0.6) is 5.75 Å². The first-order valence-corrected chi connectivity index (χ1v) is 13.3. The highest BCUT2D eigenvalue weighted by atomic mass is 32.1. The Labute approximate surface area is 218 Å². The Balaban J connectivity index is 1.36. The highest BCUT2D eigenvalue weighted by molar-refractivity contribution is 7.10. The zero-order valence-electron chi connectivity index (χ0n) is 20.3. The van der Waals surface area contributed by atoms with Crippen LogP contribution in [0.3, 0.4) is 0 Å². The van der Waals surface area contributed by atoms with Crippen molar-refractivity contribution in [1.29, 1.82) is 0 Å². The van der Waals surface area contributed by atoms with Gasteiger partial charge >= 0.3 is 6.36 Å². The summed E-state index contributed by atoms with van der Waals surface area (Å²) in [4.78, 5) is 20.1. The lowest BCUT2D eigenvalue weighted by Gasteiger charge is -2.31. The van der Waals surface area contributed by atoms with E-state index < -0.39 is 6.36 Å². The molecular formula is C27H30F3N3O3S. The number of para-hydroxylation sites is 1. The maximum atomic E-state index is 13.0.